The maximum atomic E-state index is 12.7. The number of pyridine rings is 2. The molecular formula is C16H10ClF3N2O. The highest BCUT2D eigenvalue weighted by molar-refractivity contribution is 6.34. The van der Waals surface area contributed by atoms with Gasteiger partial charge in [-0.25, -0.2) is 4.98 Å². The molecule has 0 amide bonds. The average molecular weight is 339 g/mol. The average Bonchev–Trinajstić information content (AvgIpc) is 2.46. The van der Waals surface area contributed by atoms with Crippen molar-refractivity contribution in [2.75, 3.05) is 0 Å². The van der Waals surface area contributed by atoms with Crippen LogP contribution in [0.3, 0.4) is 0 Å². The molecule has 3 aromatic rings. The molecule has 0 fully saturated rings. The summed E-state index contributed by atoms with van der Waals surface area (Å²) in [6.07, 6.45) is -2.93. The Balaban J connectivity index is 2.24. The molecule has 0 saturated carbocycles. The van der Waals surface area contributed by atoms with Crippen LogP contribution < -0.4 is 5.56 Å². The predicted molar refractivity (Wildman–Crippen MR) is 82.1 cm³/mol. The van der Waals surface area contributed by atoms with E-state index >= 15 is 0 Å². The Morgan fingerprint density at radius 2 is 1.78 bits per heavy atom. The zero-order chi connectivity index (χ0) is 16.8. The van der Waals surface area contributed by atoms with E-state index in [1.807, 2.05) is 0 Å². The van der Waals surface area contributed by atoms with Crippen molar-refractivity contribution in [1.29, 1.82) is 0 Å². The number of rotatable bonds is 1. The molecule has 0 atom stereocenters. The molecule has 2 aromatic heterocycles. The zero-order valence-electron chi connectivity index (χ0n) is 11.9. The van der Waals surface area contributed by atoms with Gasteiger partial charge in [0.05, 0.1) is 10.9 Å². The summed E-state index contributed by atoms with van der Waals surface area (Å²) in [6, 6.07) is 7.79. The summed E-state index contributed by atoms with van der Waals surface area (Å²) in [5, 5.41) is 0.934. The molecule has 0 saturated heterocycles. The van der Waals surface area contributed by atoms with Gasteiger partial charge in [-0.3, -0.25) is 9.36 Å². The van der Waals surface area contributed by atoms with Gasteiger partial charge in [0.25, 0.3) is 5.56 Å². The standard InChI is InChI=1S/C16H10ClF3N2O/c1-9-8-10-6-7-21-14(17)13(10)15(23)22(9)12-4-2-11(3-5-12)16(18,19)20/h2-8H,1H3. The quantitative estimate of drug-likeness (QED) is 0.618. The van der Waals surface area contributed by atoms with Crippen LogP contribution in [0.2, 0.25) is 5.15 Å². The summed E-state index contributed by atoms with van der Waals surface area (Å²) in [4.78, 5) is 16.6. The topological polar surface area (TPSA) is 34.9 Å². The molecule has 0 N–H and O–H groups in total. The number of aromatic nitrogens is 2. The van der Waals surface area contributed by atoms with Crippen LogP contribution in [-0.4, -0.2) is 9.55 Å². The fraction of sp³-hybridized carbons (Fsp3) is 0.125. The maximum absolute atomic E-state index is 12.7. The lowest BCUT2D eigenvalue weighted by Crippen LogP contribution is -2.21. The van der Waals surface area contributed by atoms with Crippen molar-refractivity contribution < 1.29 is 13.2 Å². The monoisotopic (exact) mass is 338 g/mol. The Bertz CT molecular complexity index is 946. The minimum absolute atomic E-state index is 0.0631. The predicted octanol–water partition coefficient (Wildman–Crippen LogP) is 4.37. The first-order valence-corrected chi connectivity index (χ1v) is 7.01. The second-order valence-electron chi connectivity index (χ2n) is 5.04. The Morgan fingerprint density at radius 3 is 2.39 bits per heavy atom. The van der Waals surface area contributed by atoms with Crippen LogP contribution in [-0.2, 0) is 6.18 Å². The molecule has 0 aliphatic carbocycles. The van der Waals surface area contributed by atoms with Crippen LogP contribution in [0.1, 0.15) is 11.3 Å². The van der Waals surface area contributed by atoms with Gasteiger partial charge in [-0.1, -0.05) is 11.6 Å². The molecule has 0 spiro atoms. The first kappa shape index (κ1) is 15.6. The molecular weight excluding hydrogens is 329 g/mol. The number of alkyl halides is 3. The first-order valence-electron chi connectivity index (χ1n) is 6.63. The molecule has 118 valence electrons. The number of hydrogen-bond acceptors (Lipinski definition) is 2. The number of benzene rings is 1. The highest BCUT2D eigenvalue weighted by Gasteiger charge is 2.30. The summed E-state index contributed by atoms with van der Waals surface area (Å²) in [6.45, 7) is 1.70. The minimum Gasteiger partial charge on any atom is -0.281 e. The Kier molecular flexibility index (Phi) is 3.64. The molecule has 0 bridgehead atoms. The van der Waals surface area contributed by atoms with Gasteiger partial charge in [-0.2, -0.15) is 13.2 Å². The largest absolute Gasteiger partial charge is 0.416 e. The van der Waals surface area contributed by atoms with Gasteiger partial charge in [0.1, 0.15) is 5.15 Å². The number of halogens is 4. The summed E-state index contributed by atoms with van der Waals surface area (Å²) >= 11 is 5.99. The van der Waals surface area contributed by atoms with E-state index in [2.05, 4.69) is 4.98 Å². The molecule has 1 aromatic carbocycles. The number of aryl methyl sites for hydroxylation is 1. The van der Waals surface area contributed by atoms with E-state index in [1.54, 1.807) is 19.1 Å². The van der Waals surface area contributed by atoms with Crippen molar-refractivity contribution in [3.05, 3.63) is 69.4 Å². The van der Waals surface area contributed by atoms with Crippen LogP contribution in [0.4, 0.5) is 13.2 Å². The first-order chi connectivity index (χ1) is 10.8. The number of nitrogens with zero attached hydrogens (tertiary/aromatic N) is 2. The van der Waals surface area contributed by atoms with E-state index in [0.717, 1.165) is 12.1 Å². The minimum atomic E-state index is -4.42. The van der Waals surface area contributed by atoms with E-state index in [1.165, 1.54) is 22.9 Å². The van der Waals surface area contributed by atoms with Gasteiger partial charge >= 0.3 is 6.18 Å². The summed E-state index contributed by atoms with van der Waals surface area (Å²) < 4.78 is 39.3. The van der Waals surface area contributed by atoms with Crippen molar-refractivity contribution in [3.63, 3.8) is 0 Å². The second-order valence-corrected chi connectivity index (χ2v) is 5.39. The lowest BCUT2D eigenvalue weighted by atomic mass is 10.1. The van der Waals surface area contributed by atoms with E-state index in [9.17, 15) is 18.0 Å². The van der Waals surface area contributed by atoms with Crippen molar-refractivity contribution in [2.45, 2.75) is 13.1 Å². The van der Waals surface area contributed by atoms with Gasteiger partial charge in [0, 0.05) is 17.6 Å². The van der Waals surface area contributed by atoms with Crippen molar-refractivity contribution in [2.24, 2.45) is 0 Å². The molecule has 3 nitrogen and oxygen atoms in total. The van der Waals surface area contributed by atoms with Crippen molar-refractivity contribution in [1.82, 2.24) is 9.55 Å². The molecule has 0 unspecified atom stereocenters. The van der Waals surface area contributed by atoms with E-state index in [-0.39, 0.29) is 10.5 Å². The third kappa shape index (κ3) is 2.70. The highest BCUT2D eigenvalue weighted by atomic mass is 35.5. The molecule has 3 rings (SSSR count). The Labute approximate surface area is 134 Å². The third-order valence-electron chi connectivity index (χ3n) is 3.52. The van der Waals surface area contributed by atoms with Gasteiger partial charge in [0.15, 0.2) is 0 Å². The fourth-order valence-corrected chi connectivity index (χ4v) is 2.71. The van der Waals surface area contributed by atoms with Crippen LogP contribution in [0.5, 0.6) is 0 Å². The third-order valence-corrected chi connectivity index (χ3v) is 3.81. The van der Waals surface area contributed by atoms with Gasteiger partial charge in [0.2, 0.25) is 0 Å². The molecule has 7 heteroatoms. The van der Waals surface area contributed by atoms with Gasteiger partial charge in [-0.15, -0.1) is 0 Å². The Morgan fingerprint density at radius 1 is 1.13 bits per heavy atom. The van der Waals surface area contributed by atoms with Crippen LogP contribution in [0, 0.1) is 6.92 Å². The van der Waals surface area contributed by atoms with Crippen LogP contribution in [0.25, 0.3) is 16.5 Å². The second kappa shape index (κ2) is 5.38. The van der Waals surface area contributed by atoms with E-state index in [0.29, 0.717) is 16.8 Å². The van der Waals surface area contributed by atoms with Crippen molar-refractivity contribution in [3.8, 4) is 5.69 Å². The van der Waals surface area contributed by atoms with Crippen LogP contribution in [0.15, 0.2) is 47.4 Å². The number of fused-ring (bicyclic) bond motifs is 1. The molecule has 0 aliphatic rings. The SMILES string of the molecule is Cc1cc2ccnc(Cl)c2c(=O)n1-c1ccc(C(F)(F)F)cc1. The van der Waals surface area contributed by atoms with Crippen molar-refractivity contribution >= 4 is 22.4 Å². The maximum Gasteiger partial charge on any atom is 0.416 e. The molecule has 0 aliphatic heterocycles. The van der Waals surface area contributed by atoms with Gasteiger partial charge < -0.3 is 0 Å². The highest BCUT2D eigenvalue weighted by Crippen LogP contribution is 2.29. The van der Waals surface area contributed by atoms with E-state index < -0.39 is 17.3 Å². The summed E-state index contributed by atoms with van der Waals surface area (Å²) in [5.41, 5.74) is -0.267. The zero-order valence-corrected chi connectivity index (χ0v) is 12.6. The summed E-state index contributed by atoms with van der Waals surface area (Å²) in [7, 11) is 0. The molecule has 2 heterocycles. The lowest BCUT2D eigenvalue weighted by Gasteiger charge is -2.13. The van der Waals surface area contributed by atoms with Gasteiger partial charge in [-0.05, 0) is 48.7 Å². The normalized spacial score (nSPS) is 11.9. The smallest absolute Gasteiger partial charge is 0.281 e. The van der Waals surface area contributed by atoms with Crippen LogP contribution >= 0.6 is 11.6 Å². The molecule has 23 heavy (non-hydrogen) atoms. The fourth-order valence-electron chi connectivity index (χ4n) is 2.46. The lowest BCUT2D eigenvalue weighted by molar-refractivity contribution is -0.137. The summed E-state index contributed by atoms with van der Waals surface area (Å²) in [5.74, 6) is 0. The van der Waals surface area contributed by atoms with E-state index in [4.69, 9.17) is 11.6 Å². The Hall–Kier alpha value is -2.34. The number of hydrogen-bond donors (Lipinski definition) is 0. The molecule has 0 radical (unpaired) electrons.